The van der Waals surface area contributed by atoms with E-state index in [-0.39, 0.29) is 43.4 Å². The molecule has 0 bridgehead atoms. The number of amides is 1. The molecule has 0 unspecified atom stereocenters. The molecule has 216 valence electrons. The van der Waals surface area contributed by atoms with Gasteiger partial charge in [0.1, 0.15) is 0 Å². The highest BCUT2D eigenvalue weighted by Crippen LogP contribution is 2.33. The number of halogens is 4. The maximum Gasteiger partial charge on any atom is 0.471 e. The molecule has 0 aromatic heterocycles. The molecule has 0 fully saturated rings. The minimum Gasteiger partial charge on any atom is -0.493 e. The fourth-order valence-electron chi connectivity index (χ4n) is 4.93. The molecular formula is C26H33ClF3N3O5S. The lowest BCUT2D eigenvalue weighted by atomic mass is 9.98. The van der Waals surface area contributed by atoms with E-state index < -0.39 is 22.1 Å². The van der Waals surface area contributed by atoms with E-state index in [4.69, 9.17) is 9.47 Å². The molecule has 2 aromatic carbocycles. The van der Waals surface area contributed by atoms with Gasteiger partial charge in [-0.05, 0) is 78.7 Å². The summed E-state index contributed by atoms with van der Waals surface area (Å²) in [5.41, 5.74) is 3.61. The average molecular weight is 592 g/mol. The maximum atomic E-state index is 12.8. The number of nitrogens with one attached hydrogen (secondary N) is 1. The number of fused-ring (bicyclic) bond motifs is 2. The van der Waals surface area contributed by atoms with Gasteiger partial charge in [-0.2, -0.15) is 13.2 Å². The number of hydrogen-bond donors (Lipinski definition) is 1. The molecular weight excluding hydrogens is 559 g/mol. The van der Waals surface area contributed by atoms with E-state index in [0.29, 0.717) is 23.3 Å². The van der Waals surface area contributed by atoms with Crippen LogP contribution in [-0.4, -0.2) is 70.7 Å². The third-order valence-electron chi connectivity index (χ3n) is 7.02. The summed E-state index contributed by atoms with van der Waals surface area (Å²) in [7, 11) is -0.518. The molecule has 1 amide bonds. The lowest BCUT2D eigenvalue weighted by Crippen LogP contribution is -2.43. The number of hydrogen-bond acceptors (Lipinski definition) is 6. The first-order chi connectivity index (χ1) is 18.0. The number of methoxy groups -OCH3 is 2. The van der Waals surface area contributed by atoms with Gasteiger partial charge in [0.05, 0.1) is 19.1 Å². The van der Waals surface area contributed by atoms with Gasteiger partial charge in [0, 0.05) is 32.7 Å². The summed E-state index contributed by atoms with van der Waals surface area (Å²) in [6.07, 6.45) is -2.38. The van der Waals surface area contributed by atoms with Crippen LogP contribution in [0.25, 0.3) is 0 Å². The van der Waals surface area contributed by atoms with Gasteiger partial charge < -0.3 is 14.4 Å². The zero-order valence-corrected chi connectivity index (χ0v) is 23.5. The third-order valence-corrected chi connectivity index (χ3v) is 8.48. The number of ether oxygens (including phenoxy) is 2. The van der Waals surface area contributed by atoms with Crippen LogP contribution in [0.2, 0.25) is 0 Å². The van der Waals surface area contributed by atoms with Crippen molar-refractivity contribution in [3.05, 3.63) is 52.6 Å². The number of alkyl halides is 3. The standard InChI is InChI=1S/C26H32F3N3O5S.ClH/c1-36-23-14-19-7-11-31(16-21(19)15-24(23)37-2)10-4-3-9-30-38(34,35)22-6-5-20-17-32(12-8-18(20)13-22)25(33)26(27,28)29;/h5-6,13-15,30H,3-4,7-12,16-17H2,1-2H3;1H. The van der Waals surface area contributed by atoms with Crippen LogP contribution >= 0.6 is 12.4 Å². The van der Waals surface area contributed by atoms with E-state index in [1.807, 2.05) is 12.1 Å². The lowest BCUT2D eigenvalue weighted by molar-refractivity contribution is -0.186. The normalized spacial score (nSPS) is 15.7. The molecule has 0 saturated heterocycles. The highest BCUT2D eigenvalue weighted by Gasteiger charge is 2.43. The van der Waals surface area contributed by atoms with Gasteiger partial charge in [-0.1, -0.05) is 6.07 Å². The summed E-state index contributed by atoms with van der Waals surface area (Å²) < 4.78 is 77.2. The predicted octanol–water partition coefficient (Wildman–Crippen LogP) is 3.69. The van der Waals surface area contributed by atoms with Crippen molar-refractivity contribution >= 4 is 28.3 Å². The number of rotatable bonds is 9. The first kappa shape index (κ1) is 31.0. The summed E-state index contributed by atoms with van der Waals surface area (Å²) in [6, 6.07) is 8.38. The number of benzene rings is 2. The Morgan fingerprint density at radius 1 is 0.923 bits per heavy atom. The monoisotopic (exact) mass is 591 g/mol. The first-order valence-electron chi connectivity index (χ1n) is 12.5. The Morgan fingerprint density at radius 3 is 2.23 bits per heavy atom. The summed E-state index contributed by atoms with van der Waals surface area (Å²) in [4.78, 5) is 14.7. The largest absolute Gasteiger partial charge is 0.493 e. The molecule has 2 aliphatic heterocycles. The number of unbranched alkanes of at least 4 members (excludes halogenated alkanes) is 1. The van der Waals surface area contributed by atoms with Crippen molar-refractivity contribution in [2.45, 2.75) is 49.8 Å². The molecule has 13 heteroatoms. The SMILES string of the molecule is COc1cc2c(cc1OC)CN(CCCCNS(=O)(=O)c1ccc3c(c1)CCN(C(=O)C(F)(F)F)C3)CC2.Cl. The van der Waals surface area contributed by atoms with Gasteiger partial charge in [0.25, 0.3) is 0 Å². The zero-order chi connectivity index (χ0) is 27.5. The molecule has 0 aliphatic carbocycles. The van der Waals surface area contributed by atoms with Crippen LogP contribution in [0, 0.1) is 0 Å². The van der Waals surface area contributed by atoms with Gasteiger partial charge in [0.15, 0.2) is 11.5 Å². The second-order valence-corrected chi connectivity index (χ2v) is 11.3. The van der Waals surface area contributed by atoms with Gasteiger partial charge >= 0.3 is 12.1 Å². The predicted molar refractivity (Wildman–Crippen MR) is 142 cm³/mol. The minimum atomic E-state index is -4.93. The molecule has 2 aliphatic rings. The molecule has 0 spiro atoms. The van der Waals surface area contributed by atoms with Gasteiger partial charge in [-0.15, -0.1) is 12.4 Å². The van der Waals surface area contributed by atoms with E-state index in [0.717, 1.165) is 43.1 Å². The van der Waals surface area contributed by atoms with Crippen molar-refractivity contribution in [2.24, 2.45) is 0 Å². The summed E-state index contributed by atoms with van der Waals surface area (Å²) in [6.45, 7) is 2.52. The molecule has 1 N–H and O–H groups in total. The quantitative estimate of drug-likeness (QED) is 0.448. The molecule has 39 heavy (non-hydrogen) atoms. The van der Waals surface area contributed by atoms with Crippen LogP contribution in [-0.2, 0) is 40.7 Å². The highest BCUT2D eigenvalue weighted by molar-refractivity contribution is 7.89. The third kappa shape index (κ3) is 7.36. The van der Waals surface area contributed by atoms with Crippen LogP contribution in [0.1, 0.15) is 35.1 Å². The van der Waals surface area contributed by atoms with E-state index in [9.17, 15) is 26.4 Å². The molecule has 4 rings (SSSR count). The maximum absolute atomic E-state index is 12.8. The molecule has 2 heterocycles. The average Bonchev–Trinajstić information content (AvgIpc) is 2.90. The van der Waals surface area contributed by atoms with E-state index in [1.54, 1.807) is 14.2 Å². The van der Waals surface area contributed by atoms with E-state index in [2.05, 4.69) is 9.62 Å². The van der Waals surface area contributed by atoms with Crippen molar-refractivity contribution in [1.82, 2.24) is 14.5 Å². The van der Waals surface area contributed by atoms with Crippen molar-refractivity contribution < 1.29 is 35.9 Å². The Morgan fingerprint density at radius 2 is 1.56 bits per heavy atom. The van der Waals surface area contributed by atoms with Crippen molar-refractivity contribution in [3.63, 3.8) is 0 Å². The molecule has 2 aromatic rings. The fraction of sp³-hybridized carbons (Fsp3) is 0.500. The molecule has 0 atom stereocenters. The molecule has 0 radical (unpaired) electrons. The summed E-state index contributed by atoms with van der Waals surface area (Å²) in [5, 5.41) is 0. The van der Waals surface area contributed by atoms with Crippen LogP contribution in [0.3, 0.4) is 0 Å². The number of nitrogens with zero attached hydrogens (tertiary/aromatic N) is 2. The highest BCUT2D eigenvalue weighted by atomic mass is 35.5. The summed E-state index contributed by atoms with van der Waals surface area (Å²) in [5.74, 6) is -0.448. The number of carbonyl (C=O) groups is 1. The van der Waals surface area contributed by atoms with Crippen molar-refractivity contribution in [3.8, 4) is 11.5 Å². The Kier molecular flexibility index (Phi) is 10.1. The topological polar surface area (TPSA) is 88.2 Å². The van der Waals surface area contributed by atoms with E-state index >= 15 is 0 Å². The summed E-state index contributed by atoms with van der Waals surface area (Å²) >= 11 is 0. The Bertz CT molecular complexity index is 1290. The Balaban J connectivity index is 0.00000420. The van der Waals surface area contributed by atoms with Crippen LogP contribution in [0.5, 0.6) is 11.5 Å². The second-order valence-electron chi connectivity index (χ2n) is 9.51. The van der Waals surface area contributed by atoms with Gasteiger partial charge in [-0.3, -0.25) is 9.69 Å². The molecule has 8 nitrogen and oxygen atoms in total. The Hall–Kier alpha value is -2.54. The smallest absolute Gasteiger partial charge is 0.471 e. The second kappa shape index (κ2) is 12.8. The zero-order valence-electron chi connectivity index (χ0n) is 21.8. The van der Waals surface area contributed by atoms with E-state index in [1.165, 1.54) is 29.3 Å². The van der Waals surface area contributed by atoms with Crippen LogP contribution in [0.4, 0.5) is 13.2 Å². The lowest BCUT2D eigenvalue weighted by Gasteiger charge is -2.29. The number of carbonyl (C=O) groups excluding carboxylic acids is 1. The van der Waals surface area contributed by atoms with Gasteiger partial charge in [-0.25, -0.2) is 13.1 Å². The minimum absolute atomic E-state index is 0. The Labute approximate surface area is 232 Å². The fourth-order valence-corrected chi connectivity index (χ4v) is 6.06. The van der Waals surface area contributed by atoms with Crippen LogP contribution < -0.4 is 14.2 Å². The van der Waals surface area contributed by atoms with Crippen molar-refractivity contribution in [1.29, 1.82) is 0 Å². The molecule has 0 saturated carbocycles. The van der Waals surface area contributed by atoms with Crippen LogP contribution in [0.15, 0.2) is 35.2 Å². The van der Waals surface area contributed by atoms with Crippen molar-refractivity contribution in [2.75, 3.05) is 40.4 Å². The first-order valence-corrected chi connectivity index (χ1v) is 13.9. The number of sulfonamides is 1. The van der Waals surface area contributed by atoms with Gasteiger partial charge in [0.2, 0.25) is 10.0 Å².